The summed E-state index contributed by atoms with van der Waals surface area (Å²) in [7, 11) is 0. The first-order valence-corrected chi connectivity index (χ1v) is 10.6. The zero-order chi connectivity index (χ0) is 23.2. The number of fused-ring (bicyclic) bond motifs is 1. The van der Waals surface area contributed by atoms with Crippen molar-refractivity contribution in [3.05, 3.63) is 46.0 Å². The van der Waals surface area contributed by atoms with Crippen LogP contribution in [0, 0.1) is 13.8 Å². The van der Waals surface area contributed by atoms with E-state index in [0.29, 0.717) is 15.4 Å². The fraction of sp³-hybridized carbons (Fsp3) is 0.333. The standard InChI is InChI=1S/C21H21F2N5O3S/c1-10-11(2)26-27-19-15(10)16(24)17(32-19)18(29)25-13-8-28(9-13)20(30)31-14-6-4-12(5-7-14)21(3,22)23/h4-7,13H,8-9,24H2,1-3H3,(H,25,29). The number of carbonyl (C=O) groups is 2. The SMILES string of the molecule is Cc1nnc2sc(C(=O)NC3CN(C(=O)Oc4ccc(C(C)(F)F)cc4)C3)c(N)c2c1C. The number of hydrogen-bond donors (Lipinski definition) is 2. The summed E-state index contributed by atoms with van der Waals surface area (Å²) in [5.41, 5.74) is 8.03. The summed E-state index contributed by atoms with van der Waals surface area (Å²) in [6.07, 6.45) is -0.616. The maximum Gasteiger partial charge on any atom is 0.415 e. The summed E-state index contributed by atoms with van der Waals surface area (Å²) >= 11 is 1.17. The largest absolute Gasteiger partial charge is 0.415 e. The van der Waals surface area contributed by atoms with Crippen molar-refractivity contribution in [1.82, 2.24) is 20.4 Å². The minimum Gasteiger partial charge on any atom is -0.410 e. The zero-order valence-electron chi connectivity index (χ0n) is 17.6. The average molecular weight is 461 g/mol. The third-order valence-electron chi connectivity index (χ3n) is 5.38. The van der Waals surface area contributed by atoms with Crippen molar-refractivity contribution in [2.45, 2.75) is 32.7 Å². The van der Waals surface area contributed by atoms with Gasteiger partial charge in [0.05, 0.1) is 17.4 Å². The molecule has 1 saturated heterocycles. The van der Waals surface area contributed by atoms with Gasteiger partial charge in [-0.1, -0.05) is 0 Å². The molecule has 11 heteroatoms. The van der Waals surface area contributed by atoms with E-state index in [1.54, 1.807) is 0 Å². The van der Waals surface area contributed by atoms with Crippen LogP contribution in [0.2, 0.25) is 0 Å². The van der Waals surface area contributed by atoms with Crippen molar-refractivity contribution in [3.63, 3.8) is 0 Å². The van der Waals surface area contributed by atoms with Crippen LogP contribution in [0.4, 0.5) is 19.3 Å². The normalized spacial score (nSPS) is 14.3. The third kappa shape index (κ3) is 4.07. The molecule has 3 N–H and O–H groups in total. The Labute approximate surface area is 186 Å². The molecular formula is C21H21F2N5O3S. The Morgan fingerprint density at radius 2 is 1.88 bits per heavy atom. The van der Waals surface area contributed by atoms with E-state index < -0.39 is 12.0 Å². The highest BCUT2D eigenvalue weighted by Gasteiger charge is 2.34. The van der Waals surface area contributed by atoms with E-state index in [1.807, 2.05) is 13.8 Å². The second kappa shape index (κ2) is 7.97. The molecule has 3 heterocycles. The highest BCUT2D eigenvalue weighted by molar-refractivity contribution is 7.21. The van der Waals surface area contributed by atoms with Crippen LogP contribution in [-0.4, -0.2) is 46.2 Å². The minimum atomic E-state index is -2.96. The molecule has 0 saturated carbocycles. The van der Waals surface area contributed by atoms with Crippen LogP contribution in [0.1, 0.15) is 33.4 Å². The molecule has 1 aromatic carbocycles. The Kier molecular flexibility index (Phi) is 5.45. The van der Waals surface area contributed by atoms with Gasteiger partial charge in [0.1, 0.15) is 15.5 Å². The average Bonchev–Trinajstić information content (AvgIpc) is 3.04. The number of nitrogen functional groups attached to an aromatic ring is 1. The van der Waals surface area contributed by atoms with Gasteiger partial charge in [0.2, 0.25) is 0 Å². The molecule has 32 heavy (non-hydrogen) atoms. The van der Waals surface area contributed by atoms with Crippen molar-refractivity contribution < 1.29 is 23.1 Å². The van der Waals surface area contributed by atoms with Gasteiger partial charge in [-0.2, -0.15) is 5.10 Å². The summed E-state index contributed by atoms with van der Waals surface area (Å²) in [6.45, 7) is 5.03. The summed E-state index contributed by atoms with van der Waals surface area (Å²) in [5, 5.41) is 11.8. The molecule has 0 spiro atoms. The molecule has 8 nitrogen and oxygen atoms in total. The number of benzene rings is 1. The highest BCUT2D eigenvalue weighted by Crippen LogP contribution is 2.35. The number of halogens is 2. The van der Waals surface area contributed by atoms with Crippen LogP contribution >= 0.6 is 11.3 Å². The Hall–Kier alpha value is -3.34. The molecule has 4 rings (SSSR count). The molecule has 0 aliphatic carbocycles. The number of hydrogen-bond acceptors (Lipinski definition) is 7. The number of nitrogens with one attached hydrogen (secondary N) is 1. The van der Waals surface area contributed by atoms with Gasteiger partial charge in [-0.15, -0.1) is 16.4 Å². The highest BCUT2D eigenvalue weighted by atomic mass is 32.1. The predicted octanol–water partition coefficient (Wildman–Crippen LogP) is 3.62. The Morgan fingerprint density at radius 3 is 2.50 bits per heavy atom. The lowest BCUT2D eigenvalue weighted by Gasteiger charge is -2.38. The maximum atomic E-state index is 13.3. The zero-order valence-corrected chi connectivity index (χ0v) is 18.4. The molecule has 3 aromatic rings. The van der Waals surface area contributed by atoms with Crippen LogP contribution in [0.15, 0.2) is 24.3 Å². The quantitative estimate of drug-likeness (QED) is 0.614. The Morgan fingerprint density at radius 1 is 1.22 bits per heavy atom. The molecule has 1 aliphatic rings. The monoisotopic (exact) mass is 461 g/mol. The number of anilines is 1. The van der Waals surface area contributed by atoms with Crippen LogP contribution in [0.25, 0.3) is 10.2 Å². The smallest absolute Gasteiger partial charge is 0.410 e. The van der Waals surface area contributed by atoms with Gasteiger partial charge in [0, 0.05) is 31.0 Å². The number of amides is 2. The van der Waals surface area contributed by atoms with Crippen LogP contribution < -0.4 is 15.8 Å². The lowest BCUT2D eigenvalue weighted by molar-refractivity contribution is 0.0174. The van der Waals surface area contributed by atoms with Crippen molar-refractivity contribution >= 4 is 39.2 Å². The second-order valence-electron chi connectivity index (χ2n) is 7.79. The first-order valence-electron chi connectivity index (χ1n) is 9.82. The fourth-order valence-electron chi connectivity index (χ4n) is 3.36. The van der Waals surface area contributed by atoms with Crippen LogP contribution in [0.5, 0.6) is 5.75 Å². The Balaban J connectivity index is 1.34. The third-order valence-corrected chi connectivity index (χ3v) is 6.47. The summed E-state index contributed by atoms with van der Waals surface area (Å²) in [6, 6.07) is 4.81. The number of rotatable bonds is 4. The van der Waals surface area contributed by atoms with Gasteiger partial charge < -0.3 is 20.7 Å². The number of aromatic nitrogens is 2. The van der Waals surface area contributed by atoms with E-state index in [1.165, 1.54) is 40.5 Å². The molecule has 2 amide bonds. The number of aryl methyl sites for hydroxylation is 2. The van der Waals surface area contributed by atoms with E-state index in [9.17, 15) is 18.4 Å². The molecule has 0 atom stereocenters. The van der Waals surface area contributed by atoms with Gasteiger partial charge >= 0.3 is 6.09 Å². The number of carbonyl (C=O) groups excluding carboxylic acids is 2. The van der Waals surface area contributed by atoms with Gasteiger partial charge in [-0.3, -0.25) is 4.79 Å². The number of nitrogens with zero attached hydrogens (tertiary/aromatic N) is 3. The lowest BCUT2D eigenvalue weighted by Crippen LogP contribution is -2.61. The van der Waals surface area contributed by atoms with Crippen LogP contribution in [0.3, 0.4) is 0 Å². The van der Waals surface area contributed by atoms with Gasteiger partial charge in [-0.05, 0) is 43.7 Å². The van der Waals surface area contributed by atoms with E-state index in [4.69, 9.17) is 10.5 Å². The van der Waals surface area contributed by atoms with Gasteiger partial charge in [-0.25, -0.2) is 13.6 Å². The maximum absolute atomic E-state index is 13.3. The molecule has 0 radical (unpaired) electrons. The topological polar surface area (TPSA) is 110 Å². The van der Waals surface area contributed by atoms with Crippen LogP contribution in [-0.2, 0) is 5.92 Å². The van der Waals surface area contributed by atoms with Crippen molar-refractivity contribution in [2.24, 2.45) is 0 Å². The fourth-order valence-corrected chi connectivity index (χ4v) is 4.36. The number of nitrogens with two attached hydrogens (primary N) is 1. The number of ether oxygens (including phenoxy) is 1. The lowest BCUT2D eigenvalue weighted by atomic mass is 10.1. The van der Waals surface area contributed by atoms with Gasteiger partial charge in [0.15, 0.2) is 0 Å². The first-order chi connectivity index (χ1) is 15.0. The predicted molar refractivity (Wildman–Crippen MR) is 116 cm³/mol. The number of thiophene rings is 1. The van der Waals surface area contributed by atoms with Crippen molar-refractivity contribution in [3.8, 4) is 5.75 Å². The number of likely N-dealkylation sites (tertiary alicyclic amines) is 1. The molecule has 168 valence electrons. The number of alkyl halides is 2. The van der Waals surface area contributed by atoms with E-state index in [-0.39, 0.29) is 36.4 Å². The van der Waals surface area contributed by atoms with Gasteiger partial charge in [0.25, 0.3) is 11.8 Å². The molecule has 1 aliphatic heterocycles. The van der Waals surface area contributed by atoms with Crippen molar-refractivity contribution in [2.75, 3.05) is 18.8 Å². The van der Waals surface area contributed by atoms with Crippen molar-refractivity contribution in [1.29, 1.82) is 0 Å². The van der Waals surface area contributed by atoms with E-state index in [0.717, 1.165) is 23.6 Å². The molecular weight excluding hydrogens is 440 g/mol. The minimum absolute atomic E-state index is 0.166. The molecule has 2 aromatic heterocycles. The Bertz CT molecular complexity index is 1200. The summed E-state index contributed by atoms with van der Waals surface area (Å²) in [4.78, 5) is 27.3. The van der Waals surface area contributed by atoms with E-state index in [2.05, 4.69) is 15.5 Å². The summed E-state index contributed by atoms with van der Waals surface area (Å²) in [5.74, 6) is -3.13. The second-order valence-corrected chi connectivity index (χ2v) is 8.79. The first kappa shape index (κ1) is 21.9. The molecule has 0 unspecified atom stereocenters. The summed E-state index contributed by atoms with van der Waals surface area (Å²) < 4.78 is 31.7. The van der Waals surface area contributed by atoms with E-state index >= 15 is 0 Å². The molecule has 1 fully saturated rings. The molecule has 0 bridgehead atoms.